The summed E-state index contributed by atoms with van der Waals surface area (Å²) in [5.74, 6) is 1.03. The Bertz CT molecular complexity index is 1100. The number of amides is 1. The summed E-state index contributed by atoms with van der Waals surface area (Å²) in [5, 5.41) is 5.29. The molecule has 0 bridgehead atoms. The molecule has 1 aromatic carbocycles. The van der Waals surface area contributed by atoms with Gasteiger partial charge in [-0.15, -0.1) is 11.8 Å². The molecule has 2 heterocycles. The number of nitrogens with one attached hydrogen (secondary N) is 1. The van der Waals surface area contributed by atoms with Crippen molar-refractivity contribution in [2.24, 2.45) is 10.7 Å². The lowest BCUT2D eigenvalue weighted by molar-refractivity contribution is -0.181. The third-order valence-electron chi connectivity index (χ3n) is 5.01. The van der Waals surface area contributed by atoms with Crippen molar-refractivity contribution >= 4 is 41.7 Å². The van der Waals surface area contributed by atoms with E-state index in [1.54, 1.807) is 18.0 Å². The SMILES string of the molecule is CC.CC(C)(C)OC=O.CCCN(OCCNC)C(=O)C1=Cc2cnc(SCc3ccccc3)cc2N=C(N)C1. The number of nitrogens with two attached hydrogens (primary N) is 1. The molecule has 0 spiro atoms. The van der Waals surface area contributed by atoms with Crippen molar-refractivity contribution in [2.75, 3.05) is 26.7 Å². The van der Waals surface area contributed by atoms with E-state index in [0.29, 0.717) is 37.6 Å². The first-order valence-electron chi connectivity index (χ1n) is 13.6. The van der Waals surface area contributed by atoms with Gasteiger partial charge in [-0.25, -0.2) is 15.0 Å². The topological polar surface area (TPSA) is 119 Å². The first kappa shape index (κ1) is 34.8. The Morgan fingerprint density at radius 2 is 1.93 bits per heavy atom. The van der Waals surface area contributed by atoms with E-state index < -0.39 is 0 Å². The first-order chi connectivity index (χ1) is 19.2. The van der Waals surface area contributed by atoms with Gasteiger partial charge in [0.05, 0.1) is 17.3 Å². The molecule has 1 aromatic heterocycles. The van der Waals surface area contributed by atoms with Gasteiger partial charge in [0.1, 0.15) is 11.4 Å². The molecule has 3 N–H and O–H groups in total. The van der Waals surface area contributed by atoms with Gasteiger partial charge in [0, 0.05) is 42.6 Å². The monoisotopic (exact) mass is 571 g/mol. The number of hydrogen-bond donors (Lipinski definition) is 2. The summed E-state index contributed by atoms with van der Waals surface area (Å²) in [4.78, 5) is 37.5. The molecule has 0 atom stereocenters. The quantitative estimate of drug-likeness (QED) is 0.157. The summed E-state index contributed by atoms with van der Waals surface area (Å²) in [6.07, 6.45) is 4.64. The number of likely N-dealkylation sites (N-methyl/N-ethyl adjacent to an activating group) is 1. The van der Waals surface area contributed by atoms with Gasteiger partial charge in [0.25, 0.3) is 12.4 Å². The molecule has 3 rings (SSSR count). The number of benzene rings is 1. The highest BCUT2D eigenvalue weighted by Crippen LogP contribution is 2.31. The number of aliphatic imine (C=N–C) groups is 1. The lowest BCUT2D eigenvalue weighted by atomic mass is 10.1. The van der Waals surface area contributed by atoms with Gasteiger partial charge in [0.2, 0.25) is 0 Å². The predicted molar refractivity (Wildman–Crippen MR) is 164 cm³/mol. The van der Waals surface area contributed by atoms with E-state index >= 15 is 0 Å². The van der Waals surface area contributed by atoms with E-state index in [9.17, 15) is 9.59 Å². The van der Waals surface area contributed by atoms with Crippen LogP contribution in [-0.2, 0) is 24.9 Å². The van der Waals surface area contributed by atoms with Gasteiger partial charge in [-0.3, -0.25) is 14.4 Å². The summed E-state index contributed by atoms with van der Waals surface area (Å²) in [6, 6.07) is 12.2. The summed E-state index contributed by atoms with van der Waals surface area (Å²) < 4.78 is 4.55. The molecule has 0 fully saturated rings. The van der Waals surface area contributed by atoms with Crippen LogP contribution in [0, 0.1) is 0 Å². The highest BCUT2D eigenvalue weighted by atomic mass is 32.2. The Morgan fingerprint density at radius 1 is 1.23 bits per heavy atom. The zero-order valence-electron chi connectivity index (χ0n) is 24.9. The summed E-state index contributed by atoms with van der Waals surface area (Å²) in [7, 11) is 1.84. The van der Waals surface area contributed by atoms with Crippen LogP contribution in [0.1, 0.15) is 65.5 Å². The normalized spacial score (nSPS) is 12.2. The molecule has 10 heteroatoms. The van der Waals surface area contributed by atoms with Crippen LogP contribution in [0.15, 0.2) is 58.2 Å². The van der Waals surface area contributed by atoms with Crippen LogP contribution in [0.4, 0.5) is 5.69 Å². The van der Waals surface area contributed by atoms with Gasteiger partial charge in [0.15, 0.2) is 0 Å². The summed E-state index contributed by atoms with van der Waals surface area (Å²) >= 11 is 1.64. The minimum absolute atomic E-state index is 0.188. The van der Waals surface area contributed by atoms with E-state index in [1.807, 2.05) is 78.9 Å². The second kappa shape index (κ2) is 19.0. The molecule has 1 amide bonds. The van der Waals surface area contributed by atoms with Crippen molar-refractivity contribution < 1.29 is 19.2 Å². The summed E-state index contributed by atoms with van der Waals surface area (Å²) in [5.41, 5.74) is 9.11. The molecular weight excluding hydrogens is 526 g/mol. The zero-order chi connectivity index (χ0) is 30.0. The number of ether oxygens (including phenoxy) is 1. The molecule has 0 unspecified atom stereocenters. The van der Waals surface area contributed by atoms with Gasteiger partial charge >= 0.3 is 0 Å². The largest absolute Gasteiger partial charge is 0.462 e. The van der Waals surface area contributed by atoms with Crippen LogP contribution < -0.4 is 11.1 Å². The molecule has 0 radical (unpaired) electrons. The van der Waals surface area contributed by atoms with Crippen molar-refractivity contribution in [2.45, 2.75) is 70.8 Å². The molecule has 1 aliphatic heterocycles. The van der Waals surface area contributed by atoms with Crippen LogP contribution in [0.5, 0.6) is 0 Å². The van der Waals surface area contributed by atoms with E-state index in [4.69, 9.17) is 10.6 Å². The maximum absolute atomic E-state index is 13.1. The van der Waals surface area contributed by atoms with Crippen molar-refractivity contribution in [1.82, 2.24) is 15.4 Å². The van der Waals surface area contributed by atoms with Crippen molar-refractivity contribution in [3.63, 3.8) is 0 Å². The number of carbonyl (C=O) groups excluding carboxylic acids is 2. The van der Waals surface area contributed by atoms with Crippen molar-refractivity contribution in [1.29, 1.82) is 0 Å². The molecule has 0 aliphatic carbocycles. The van der Waals surface area contributed by atoms with Crippen LogP contribution in [-0.4, -0.2) is 60.6 Å². The van der Waals surface area contributed by atoms with Gasteiger partial charge in [-0.1, -0.05) is 51.1 Å². The van der Waals surface area contributed by atoms with Gasteiger partial charge in [-0.2, -0.15) is 0 Å². The van der Waals surface area contributed by atoms with E-state index in [-0.39, 0.29) is 17.9 Å². The number of thioether (sulfide) groups is 1. The maximum atomic E-state index is 13.1. The number of hydrogen-bond acceptors (Lipinski definition) is 9. The molecule has 2 aromatic rings. The number of amidine groups is 1. The molecule has 0 saturated carbocycles. The minimum Gasteiger partial charge on any atom is -0.462 e. The standard InChI is InChI=1S/C23H29N5O2S.C5H10O2.C2H6/c1-3-10-28(30-11-9-25-2)23(29)18-12-19-15-26-22(14-20(19)27-21(24)13-18)31-16-17-7-5-4-6-8-17;1-5(2,3)7-4-6;1-2/h4-8,12,14-15,25H,3,9-11,13,16H2,1-2H3,(H2,24,27);4H,1-3H3;1-2H3. The fraction of sp³-hybridized carbons (Fsp3) is 0.467. The van der Waals surface area contributed by atoms with Crippen LogP contribution in [0.2, 0.25) is 0 Å². The van der Waals surface area contributed by atoms with Crippen molar-refractivity contribution in [3.05, 3.63) is 59.3 Å². The predicted octanol–water partition coefficient (Wildman–Crippen LogP) is 5.52. The third kappa shape index (κ3) is 13.2. The fourth-order valence-corrected chi connectivity index (χ4v) is 4.04. The molecule has 1 aliphatic rings. The number of aromatic nitrogens is 1. The lowest BCUT2D eigenvalue weighted by Crippen LogP contribution is -2.35. The highest BCUT2D eigenvalue weighted by molar-refractivity contribution is 7.98. The molecule has 9 nitrogen and oxygen atoms in total. The smallest absolute Gasteiger partial charge is 0.293 e. The lowest BCUT2D eigenvalue weighted by Gasteiger charge is -2.22. The second-order valence-corrected chi connectivity index (χ2v) is 10.5. The van der Waals surface area contributed by atoms with Gasteiger partial charge in [-0.05, 0) is 51.9 Å². The van der Waals surface area contributed by atoms with E-state index in [1.165, 1.54) is 10.6 Å². The van der Waals surface area contributed by atoms with Crippen LogP contribution in [0.25, 0.3) is 6.08 Å². The van der Waals surface area contributed by atoms with E-state index in [0.717, 1.165) is 28.5 Å². The fourth-order valence-electron chi connectivity index (χ4n) is 3.21. The maximum Gasteiger partial charge on any atom is 0.293 e. The average molecular weight is 572 g/mol. The van der Waals surface area contributed by atoms with E-state index in [2.05, 4.69) is 32.2 Å². The molecular formula is C30H45N5O4S. The highest BCUT2D eigenvalue weighted by Gasteiger charge is 2.22. The third-order valence-corrected chi connectivity index (χ3v) is 6.01. The molecule has 0 saturated heterocycles. The Kier molecular flexibility index (Phi) is 16.5. The zero-order valence-corrected chi connectivity index (χ0v) is 25.7. The average Bonchev–Trinajstić information content (AvgIpc) is 3.10. The number of carbonyl (C=O) groups is 2. The number of hydroxylamine groups is 2. The molecule has 220 valence electrons. The van der Waals surface area contributed by atoms with Gasteiger partial charge < -0.3 is 15.8 Å². The Hall–Kier alpha value is -3.21. The van der Waals surface area contributed by atoms with Crippen LogP contribution in [0.3, 0.4) is 0 Å². The Labute approximate surface area is 243 Å². The Morgan fingerprint density at radius 3 is 2.50 bits per heavy atom. The number of nitrogens with zero attached hydrogens (tertiary/aromatic N) is 3. The second-order valence-electron chi connectivity index (χ2n) is 9.48. The Balaban J connectivity index is 0.000000775. The first-order valence-corrected chi connectivity index (χ1v) is 14.6. The number of pyridine rings is 1. The minimum atomic E-state index is -0.318. The molecule has 40 heavy (non-hydrogen) atoms. The van der Waals surface area contributed by atoms with Crippen LogP contribution >= 0.6 is 11.8 Å². The summed E-state index contributed by atoms with van der Waals surface area (Å²) in [6.45, 7) is 13.5. The van der Waals surface area contributed by atoms with Crippen molar-refractivity contribution in [3.8, 4) is 0 Å². The number of rotatable bonds is 11. The number of fused-ring (bicyclic) bond motifs is 1.